The molecule has 8 heteroatoms. The molecule has 1 saturated heterocycles. The van der Waals surface area contributed by atoms with Crippen molar-refractivity contribution < 1.29 is 27.4 Å². The van der Waals surface area contributed by atoms with Crippen molar-refractivity contribution in [3.05, 3.63) is 29.2 Å². The van der Waals surface area contributed by atoms with E-state index in [4.69, 9.17) is 14.2 Å². The number of esters is 1. The van der Waals surface area contributed by atoms with Gasteiger partial charge in [0.05, 0.1) is 20.3 Å². The van der Waals surface area contributed by atoms with Crippen LogP contribution in [0.1, 0.15) is 12.5 Å². The topological polar surface area (TPSA) is 82.1 Å². The summed E-state index contributed by atoms with van der Waals surface area (Å²) in [6, 6.07) is 4.80. The molecule has 1 heterocycles. The minimum absolute atomic E-state index is 0.285. The van der Waals surface area contributed by atoms with Gasteiger partial charge in [0.2, 0.25) is 10.0 Å². The number of carbonyl (C=O) groups is 1. The Labute approximate surface area is 135 Å². The van der Waals surface area contributed by atoms with E-state index in [9.17, 15) is 13.2 Å². The highest BCUT2D eigenvalue weighted by molar-refractivity contribution is 7.92. The number of sulfonamides is 1. The summed E-state index contributed by atoms with van der Waals surface area (Å²) in [5.74, 6) is 0.181. The second-order valence-electron chi connectivity index (χ2n) is 4.86. The van der Waals surface area contributed by atoms with E-state index >= 15 is 0 Å². The maximum Gasteiger partial charge on any atom is 0.308 e. The van der Waals surface area contributed by atoms with Gasteiger partial charge in [-0.25, -0.2) is 8.42 Å². The number of morpholine rings is 1. The molecule has 1 aromatic rings. The summed E-state index contributed by atoms with van der Waals surface area (Å²) in [5.41, 5.74) is 0.620. The normalized spacial score (nSPS) is 16.4. The van der Waals surface area contributed by atoms with Crippen LogP contribution in [0.25, 0.3) is 6.08 Å². The maximum absolute atomic E-state index is 12.2. The van der Waals surface area contributed by atoms with Crippen LogP contribution in [0.15, 0.2) is 23.6 Å². The zero-order valence-corrected chi connectivity index (χ0v) is 13.8. The molecule has 0 amide bonds. The van der Waals surface area contributed by atoms with E-state index in [0.29, 0.717) is 37.6 Å². The lowest BCUT2D eigenvalue weighted by Crippen LogP contribution is -2.39. The fourth-order valence-corrected chi connectivity index (χ4v) is 3.24. The number of benzene rings is 1. The molecule has 1 aromatic carbocycles. The summed E-state index contributed by atoms with van der Waals surface area (Å²) in [7, 11) is -2.04. The number of hydrogen-bond donors (Lipinski definition) is 0. The first-order chi connectivity index (χ1) is 10.9. The van der Waals surface area contributed by atoms with Gasteiger partial charge in [-0.1, -0.05) is 6.07 Å². The fraction of sp³-hybridized carbons (Fsp3) is 0.400. The molecule has 126 valence electrons. The van der Waals surface area contributed by atoms with Crippen LogP contribution in [-0.2, 0) is 19.6 Å². The molecule has 0 aromatic heterocycles. The zero-order valence-electron chi connectivity index (χ0n) is 13.0. The molecule has 1 aliphatic heterocycles. The van der Waals surface area contributed by atoms with E-state index in [2.05, 4.69) is 0 Å². The van der Waals surface area contributed by atoms with Crippen LogP contribution < -0.4 is 9.47 Å². The van der Waals surface area contributed by atoms with Gasteiger partial charge in [-0.2, -0.15) is 4.31 Å². The lowest BCUT2D eigenvalue weighted by atomic mass is 10.2. The Morgan fingerprint density at radius 1 is 1.26 bits per heavy atom. The van der Waals surface area contributed by atoms with Crippen LogP contribution in [0, 0.1) is 0 Å². The summed E-state index contributed by atoms with van der Waals surface area (Å²) in [6.07, 6.45) is 1.48. The largest absolute Gasteiger partial charge is 0.493 e. The van der Waals surface area contributed by atoms with Gasteiger partial charge >= 0.3 is 5.97 Å². The number of nitrogens with zero attached hydrogens (tertiary/aromatic N) is 1. The number of rotatable bonds is 5. The molecule has 0 bridgehead atoms. The summed E-state index contributed by atoms with van der Waals surface area (Å²) in [6.45, 7) is 2.79. The molecule has 7 nitrogen and oxygen atoms in total. The SMILES string of the molecule is COc1cc(/C=C/S(=O)(=O)N2CCOCC2)ccc1OC(C)=O. The Bertz CT molecular complexity index is 692. The molecular formula is C15H19NO6S. The van der Waals surface area contributed by atoms with Gasteiger partial charge < -0.3 is 14.2 Å². The van der Waals surface area contributed by atoms with Crippen molar-refractivity contribution in [1.82, 2.24) is 4.31 Å². The van der Waals surface area contributed by atoms with Crippen molar-refractivity contribution in [2.45, 2.75) is 6.92 Å². The monoisotopic (exact) mass is 341 g/mol. The zero-order chi connectivity index (χ0) is 16.9. The highest BCUT2D eigenvalue weighted by Crippen LogP contribution is 2.28. The molecule has 0 N–H and O–H groups in total. The predicted octanol–water partition coefficient (Wildman–Crippen LogP) is 1.25. The highest BCUT2D eigenvalue weighted by Gasteiger charge is 2.21. The number of methoxy groups -OCH3 is 1. The highest BCUT2D eigenvalue weighted by atomic mass is 32.2. The Morgan fingerprint density at radius 3 is 2.57 bits per heavy atom. The molecule has 2 rings (SSSR count). The van der Waals surface area contributed by atoms with Crippen molar-refractivity contribution in [3.8, 4) is 11.5 Å². The van der Waals surface area contributed by atoms with E-state index in [1.807, 2.05) is 0 Å². The van der Waals surface area contributed by atoms with Crippen molar-refractivity contribution in [2.75, 3.05) is 33.4 Å². The molecule has 0 spiro atoms. The summed E-state index contributed by atoms with van der Waals surface area (Å²) < 4.78 is 41.1. The number of carbonyl (C=O) groups excluding carboxylic acids is 1. The van der Waals surface area contributed by atoms with Gasteiger partial charge in [0, 0.05) is 25.4 Å². The fourth-order valence-electron chi connectivity index (χ4n) is 2.08. The lowest BCUT2D eigenvalue weighted by Gasteiger charge is -2.24. The summed E-state index contributed by atoms with van der Waals surface area (Å²) >= 11 is 0. The van der Waals surface area contributed by atoms with Crippen LogP contribution in [0.2, 0.25) is 0 Å². The summed E-state index contributed by atoms with van der Waals surface area (Å²) in [5, 5.41) is 1.15. The lowest BCUT2D eigenvalue weighted by molar-refractivity contribution is -0.132. The molecule has 23 heavy (non-hydrogen) atoms. The van der Waals surface area contributed by atoms with Crippen molar-refractivity contribution in [3.63, 3.8) is 0 Å². The first-order valence-corrected chi connectivity index (χ1v) is 8.55. The average Bonchev–Trinajstić information content (AvgIpc) is 2.54. The first kappa shape index (κ1) is 17.5. The van der Waals surface area contributed by atoms with Crippen LogP contribution in [0.5, 0.6) is 11.5 Å². The number of ether oxygens (including phenoxy) is 3. The number of hydrogen-bond acceptors (Lipinski definition) is 6. The van der Waals surface area contributed by atoms with Crippen LogP contribution in [-0.4, -0.2) is 52.1 Å². The third-order valence-corrected chi connectivity index (χ3v) is 4.77. The van der Waals surface area contributed by atoms with E-state index in [0.717, 1.165) is 5.41 Å². The molecule has 0 aliphatic carbocycles. The van der Waals surface area contributed by atoms with E-state index < -0.39 is 16.0 Å². The van der Waals surface area contributed by atoms with Gasteiger partial charge in [0.15, 0.2) is 11.5 Å². The Morgan fingerprint density at radius 2 is 1.96 bits per heavy atom. The third kappa shape index (κ3) is 4.78. The van der Waals surface area contributed by atoms with Gasteiger partial charge in [0.25, 0.3) is 0 Å². The van der Waals surface area contributed by atoms with Gasteiger partial charge in [0.1, 0.15) is 0 Å². The average molecular weight is 341 g/mol. The standard InChI is InChI=1S/C15H19NO6S/c1-12(17)22-14-4-3-13(11-15(14)20-2)5-10-23(18,19)16-6-8-21-9-7-16/h3-5,10-11H,6-9H2,1-2H3/b10-5+. The van der Waals surface area contributed by atoms with Gasteiger partial charge in [-0.15, -0.1) is 0 Å². The second-order valence-corrected chi connectivity index (χ2v) is 6.68. The minimum atomic E-state index is -3.48. The van der Waals surface area contributed by atoms with Crippen molar-refractivity contribution in [1.29, 1.82) is 0 Å². The Hall–Kier alpha value is -1.90. The van der Waals surface area contributed by atoms with E-state index in [1.165, 1.54) is 24.4 Å². The van der Waals surface area contributed by atoms with Crippen LogP contribution in [0.3, 0.4) is 0 Å². The van der Waals surface area contributed by atoms with Crippen molar-refractivity contribution in [2.24, 2.45) is 0 Å². The van der Waals surface area contributed by atoms with Crippen LogP contribution >= 0.6 is 0 Å². The van der Waals surface area contributed by atoms with E-state index in [1.54, 1.807) is 18.2 Å². The molecule has 0 unspecified atom stereocenters. The molecule has 0 atom stereocenters. The molecule has 0 radical (unpaired) electrons. The predicted molar refractivity (Wildman–Crippen MR) is 84.6 cm³/mol. The van der Waals surface area contributed by atoms with Crippen LogP contribution in [0.4, 0.5) is 0 Å². The maximum atomic E-state index is 12.2. The van der Waals surface area contributed by atoms with Crippen molar-refractivity contribution >= 4 is 22.1 Å². The Balaban J connectivity index is 2.17. The molecule has 1 aliphatic rings. The second kappa shape index (κ2) is 7.58. The first-order valence-electron chi connectivity index (χ1n) is 7.05. The quantitative estimate of drug-likeness (QED) is 0.592. The molecule has 0 saturated carbocycles. The minimum Gasteiger partial charge on any atom is -0.493 e. The molecular weight excluding hydrogens is 322 g/mol. The van der Waals surface area contributed by atoms with Gasteiger partial charge in [-0.3, -0.25) is 4.79 Å². The third-order valence-electron chi connectivity index (χ3n) is 3.20. The Kier molecular flexibility index (Phi) is 5.75. The summed E-state index contributed by atoms with van der Waals surface area (Å²) in [4.78, 5) is 11.0. The molecule has 1 fully saturated rings. The smallest absolute Gasteiger partial charge is 0.308 e. The van der Waals surface area contributed by atoms with Gasteiger partial charge in [-0.05, 0) is 23.8 Å². The van der Waals surface area contributed by atoms with E-state index in [-0.39, 0.29) is 5.75 Å².